The Bertz CT molecular complexity index is 1020. The van der Waals surface area contributed by atoms with Gasteiger partial charge in [0.15, 0.2) is 5.78 Å². The molecule has 0 saturated carbocycles. The molecule has 0 unspecified atom stereocenters. The number of carbonyl (C=O) groups is 1. The fourth-order valence-corrected chi connectivity index (χ4v) is 3.24. The molecular weight excluding hydrogens is 380 g/mol. The molecule has 0 bridgehead atoms. The largest absolute Gasteiger partial charge is 0.497 e. The van der Waals surface area contributed by atoms with Gasteiger partial charge in [0.25, 0.3) is 0 Å². The van der Waals surface area contributed by atoms with Crippen LogP contribution in [0.1, 0.15) is 23.7 Å². The number of ether oxygens (including phenoxy) is 2. The van der Waals surface area contributed by atoms with Gasteiger partial charge in [0.1, 0.15) is 23.4 Å². The Hall–Kier alpha value is -3.61. The SMILES string of the molecule is CCC(=O)c1cccc(Nc2nccc(N3CC(Oc4ccc(OC)cc4)C3)n2)c1. The van der Waals surface area contributed by atoms with Crippen LogP contribution in [0.4, 0.5) is 17.5 Å². The monoisotopic (exact) mass is 404 g/mol. The molecule has 0 atom stereocenters. The average molecular weight is 404 g/mol. The molecule has 1 N–H and O–H groups in total. The molecule has 2 aromatic carbocycles. The van der Waals surface area contributed by atoms with Gasteiger partial charge in [0.2, 0.25) is 5.95 Å². The van der Waals surface area contributed by atoms with Crippen molar-refractivity contribution in [3.05, 3.63) is 66.4 Å². The van der Waals surface area contributed by atoms with Crippen LogP contribution in [-0.4, -0.2) is 42.1 Å². The van der Waals surface area contributed by atoms with E-state index >= 15 is 0 Å². The molecule has 2 heterocycles. The summed E-state index contributed by atoms with van der Waals surface area (Å²) >= 11 is 0. The maximum Gasteiger partial charge on any atom is 0.229 e. The van der Waals surface area contributed by atoms with Gasteiger partial charge in [0.05, 0.1) is 20.2 Å². The first kappa shape index (κ1) is 19.7. The second-order valence-corrected chi connectivity index (χ2v) is 7.04. The van der Waals surface area contributed by atoms with Gasteiger partial charge in [-0.25, -0.2) is 4.98 Å². The number of aromatic nitrogens is 2. The van der Waals surface area contributed by atoms with Crippen LogP contribution in [0, 0.1) is 0 Å². The number of nitrogens with one attached hydrogen (secondary N) is 1. The standard InChI is InChI=1S/C23H24N4O3/c1-3-21(28)16-5-4-6-17(13-16)25-23-24-12-11-22(26-23)27-14-20(15-27)30-19-9-7-18(29-2)8-10-19/h4-13,20H,3,14-15H2,1-2H3,(H,24,25,26). The zero-order chi connectivity index (χ0) is 20.9. The molecular formula is C23H24N4O3. The topological polar surface area (TPSA) is 76.6 Å². The van der Waals surface area contributed by atoms with Crippen LogP contribution in [0.25, 0.3) is 0 Å². The summed E-state index contributed by atoms with van der Waals surface area (Å²) in [5.74, 6) is 3.07. The average Bonchev–Trinajstić information content (AvgIpc) is 2.76. The number of carbonyl (C=O) groups excluding carboxylic acids is 1. The van der Waals surface area contributed by atoms with E-state index in [1.807, 2.05) is 61.5 Å². The molecule has 1 fully saturated rings. The van der Waals surface area contributed by atoms with Gasteiger partial charge < -0.3 is 19.7 Å². The Labute approximate surface area is 175 Å². The number of Topliss-reactive ketones (excluding diaryl/α,β-unsaturated/α-hetero) is 1. The normalized spacial score (nSPS) is 13.5. The zero-order valence-electron chi connectivity index (χ0n) is 17.0. The van der Waals surface area contributed by atoms with E-state index in [-0.39, 0.29) is 11.9 Å². The molecule has 1 aliphatic rings. The minimum Gasteiger partial charge on any atom is -0.497 e. The third-order valence-electron chi connectivity index (χ3n) is 4.94. The lowest BCUT2D eigenvalue weighted by Crippen LogP contribution is -2.54. The van der Waals surface area contributed by atoms with Crippen LogP contribution >= 0.6 is 0 Å². The second kappa shape index (κ2) is 8.82. The Balaban J connectivity index is 1.36. The van der Waals surface area contributed by atoms with Crippen molar-refractivity contribution in [2.24, 2.45) is 0 Å². The number of anilines is 3. The predicted molar refractivity (Wildman–Crippen MR) is 116 cm³/mol. The zero-order valence-corrected chi connectivity index (χ0v) is 17.0. The van der Waals surface area contributed by atoms with Crippen LogP contribution in [0.3, 0.4) is 0 Å². The van der Waals surface area contributed by atoms with Crippen LogP contribution < -0.4 is 19.7 Å². The lowest BCUT2D eigenvalue weighted by molar-refractivity contribution is 0.0988. The number of ketones is 1. The van der Waals surface area contributed by atoms with E-state index in [2.05, 4.69) is 20.2 Å². The van der Waals surface area contributed by atoms with Crippen molar-refractivity contribution >= 4 is 23.2 Å². The predicted octanol–water partition coefficient (Wildman–Crippen LogP) is 4.09. The van der Waals surface area contributed by atoms with E-state index in [1.165, 1.54) is 0 Å². The van der Waals surface area contributed by atoms with Gasteiger partial charge in [-0.15, -0.1) is 0 Å². The highest BCUT2D eigenvalue weighted by atomic mass is 16.5. The van der Waals surface area contributed by atoms with Crippen molar-refractivity contribution in [2.45, 2.75) is 19.4 Å². The van der Waals surface area contributed by atoms with Crippen molar-refractivity contribution in [3.8, 4) is 11.5 Å². The highest BCUT2D eigenvalue weighted by Crippen LogP contribution is 2.25. The van der Waals surface area contributed by atoms with Crippen molar-refractivity contribution in [3.63, 3.8) is 0 Å². The van der Waals surface area contributed by atoms with Crippen molar-refractivity contribution in [1.82, 2.24) is 9.97 Å². The molecule has 154 valence electrons. The first-order valence-corrected chi connectivity index (χ1v) is 9.93. The Morgan fingerprint density at radius 2 is 1.90 bits per heavy atom. The molecule has 1 aliphatic heterocycles. The van der Waals surface area contributed by atoms with Gasteiger partial charge in [-0.1, -0.05) is 19.1 Å². The fourth-order valence-electron chi connectivity index (χ4n) is 3.24. The number of nitrogens with zero attached hydrogens (tertiary/aromatic N) is 3. The van der Waals surface area contributed by atoms with E-state index < -0.39 is 0 Å². The van der Waals surface area contributed by atoms with Crippen molar-refractivity contribution in [2.75, 3.05) is 30.4 Å². The molecule has 30 heavy (non-hydrogen) atoms. The summed E-state index contributed by atoms with van der Waals surface area (Å²) in [6.07, 6.45) is 2.31. The minimum atomic E-state index is 0.108. The molecule has 0 amide bonds. The Kier molecular flexibility index (Phi) is 5.79. The van der Waals surface area contributed by atoms with E-state index in [0.29, 0.717) is 17.9 Å². The van der Waals surface area contributed by atoms with Crippen LogP contribution in [0.2, 0.25) is 0 Å². The molecule has 0 radical (unpaired) electrons. The molecule has 7 nitrogen and oxygen atoms in total. The summed E-state index contributed by atoms with van der Waals surface area (Å²) < 4.78 is 11.2. The van der Waals surface area contributed by atoms with E-state index in [1.54, 1.807) is 13.3 Å². The van der Waals surface area contributed by atoms with Crippen molar-refractivity contribution < 1.29 is 14.3 Å². The highest BCUT2D eigenvalue weighted by Gasteiger charge is 2.29. The van der Waals surface area contributed by atoms with Crippen LogP contribution in [0.5, 0.6) is 11.5 Å². The van der Waals surface area contributed by atoms with Crippen molar-refractivity contribution in [1.29, 1.82) is 0 Å². The molecule has 0 spiro atoms. The summed E-state index contributed by atoms with van der Waals surface area (Å²) in [6.45, 7) is 3.36. The molecule has 1 aromatic heterocycles. The smallest absolute Gasteiger partial charge is 0.229 e. The van der Waals surface area contributed by atoms with Gasteiger partial charge in [-0.05, 0) is 42.5 Å². The van der Waals surface area contributed by atoms with Gasteiger partial charge in [-0.3, -0.25) is 4.79 Å². The number of hydrogen-bond donors (Lipinski definition) is 1. The van der Waals surface area contributed by atoms with Crippen LogP contribution in [-0.2, 0) is 0 Å². The number of methoxy groups -OCH3 is 1. The summed E-state index contributed by atoms with van der Waals surface area (Å²) in [4.78, 5) is 22.9. The van der Waals surface area contributed by atoms with Gasteiger partial charge in [0, 0.05) is 23.9 Å². The molecule has 3 aromatic rings. The maximum atomic E-state index is 11.9. The summed E-state index contributed by atoms with van der Waals surface area (Å²) in [5.41, 5.74) is 1.47. The summed E-state index contributed by atoms with van der Waals surface area (Å²) in [5, 5.41) is 3.18. The lowest BCUT2D eigenvalue weighted by Gasteiger charge is -2.39. The third kappa shape index (κ3) is 4.51. The fraction of sp³-hybridized carbons (Fsp3) is 0.261. The minimum absolute atomic E-state index is 0.108. The number of hydrogen-bond acceptors (Lipinski definition) is 7. The number of benzene rings is 2. The Morgan fingerprint density at radius 3 is 2.63 bits per heavy atom. The van der Waals surface area contributed by atoms with E-state index in [0.717, 1.165) is 36.1 Å². The Morgan fingerprint density at radius 1 is 1.13 bits per heavy atom. The van der Waals surface area contributed by atoms with Crippen LogP contribution in [0.15, 0.2) is 60.8 Å². The van der Waals surface area contributed by atoms with Gasteiger partial charge >= 0.3 is 0 Å². The number of rotatable bonds is 8. The lowest BCUT2D eigenvalue weighted by atomic mass is 10.1. The van der Waals surface area contributed by atoms with Gasteiger partial charge in [-0.2, -0.15) is 4.98 Å². The summed E-state index contributed by atoms with van der Waals surface area (Å²) in [6, 6.07) is 16.9. The molecule has 0 aliphatic carbocycles. The van der Waals surface area contributed by atoms with E-state index in [9.17, 15) is 4.79 Å². The maximum absolute atomic E-state index is 11.9. The third-order valence-corrected chi connectivity index (χ3v) is 4.94. The molecule has 7 heteroatoms. The second-order valence-electron chi connectivity index (χ2n) is 7.04. The van der Waals surface area contributed by atoms with E-state index in [4.69, 9.17) is 9.47 Å². The highest BCUT2D eigenvalue weighted by molar-refractivity contribution is 5.96. The molecule has 4 rings (SSSR count). The first-order chi connectivity index (χ1) is 14.6. The summed E-state index contributed by atoms with van der Waals surface area (Å²) in [7, 11) is 1.64. The molecule has 1 saturated heterocycles. The quantitative estimate of drug-likeness (QED) is 0.567. The first-order valence-electron chi connectivity index (χ1n) is 9.93.